The Morgan fingerprint density at radius 2 is 1.74 bits per heavy atom. The zero-order valence-corrected chi connectivity index (χ0v) is 19.3. The van der Waals surface area contributed by atoms with Crippen LogP contribution in [0.15, 0.2) is 42.5 Å². The van der Waals surface area contributed by atoms with Gasteiger partial charge in [-0.2, -0.15) is 0 Å². The summed E-state index contributed by atoms with van der Waals surface area (Å²) in [5, 5.41) is 2.73. The molecule has 4 rings (SSSR count). The Hall–Kier alpha value is -3.68. The molecule has 1 fully saturated rings. The van der Waals surface area contributed by atoms with Gasteiger partial charge in [0.05, 0.1) is 23.8 Å². The fraction of sp³-hybridized carbons (Fsp3) is 0.385. The molecule has 1 heterocycles. The molecule has 2 aromatic rings. The van der Waals surface area contributed by atoms with E-state index >= 15 is 0 Å². The molecule has 8 nitrogen and oxygen atoms in total. The molecular formula is C26H28N2O6. The van der Waals surface area contributed by atoms with Gasteiger partial charge in [0.15, 0.2) is 6.10 Å². The molecule has 1 saturated carbocycles. The summed E-state index contributed by atoms with van der Waals surface area (Å²) in [7, 11) is 1.55. The van der Waals surface area contributed by atoms with Gasteiger partial charge in [-0.1, -0.05) is 37.5 Å². The average Bonchev–Trinajstić information content (AvgIpc) is 3.12. The van der Waals surface area contributed by atoms with Crippen molar-refractivity contribution >= 4 is 23.7 Å². The number of hydrogen-bond donors (Lipinski definition) is 1. The minimum atomic E-state index is -1.05. The van der Waals surface area contributed by atoms with Gasteiger partial charge >= 0.3 is 5.97 Å². The quantitative estimate of drug-likeness (QED) is 0.497. The summed E-state index contributed by atoms with van der Waals surface area (Å²) in [5.41, 5.74) is 1.42. The van der Waals surface area contributed by atoms with E-state index in [0.717, 1.165) is 37.7 Å². The maximum Gasteiger partial charge on any atom is 0.338 e. The second-order valence-electron chi connectivity index (χ2n) is 8.61. The molecule has 0 aromatic heterocycles. The first kappa shape index (κ1) is 23.5. The predicted molar refractivity (Wildman–Crippen MR) is 124 cm³/mol. The molecule has 1 aliphatic heterocycles. The topological polar surface area (TPSA) is 102 Å². The molecule has 34 heavy (non-hydrogen) atoms. The van der Waals surface area contributed by atoms with Gasteiger partial charge in [-0.05, 0) is 44.0 Å². The highest BCUT2D eigenvalue weighted by Crippen LogP contribution is 2.31. The van der Waals surface area contributed by atoms with Crippen molar-refractivity contribution in [2.24, 2.45) is 0 Å². The Bertz CT molecular complexity index is 1120. The minimum absolute atomic E-state index is 0.0940. The van der Waals surface area contributed by atoms with E-state index in [1.54, 1.807) is 13.2 Å². The van der Waals surface area contributed by atoms with Crippen LogP contribution in [0.25, 0.3) is 0 Å². The first-order valence-electron chi connectivity index (χ1n) is 11.5. The number of nitrogens with one attached hydrogen (secondary N) is 1. The number of carbonyl (C=O) groups is 4. The monoisotopic (exact) mass is 464 g/mol. The zero-order valence-electron chi connectivity index (χ0n) is 19.3. The smallest absolute Gasteiger partial charge is 0.338 e. The van der Waals surface area contributed by atoms with E-state index in [1.807, 2.05) is 18.2 Å². The van der Waals surface area contributed by atoms with Crippen LogP contribution in [0, 0.1) is 0 Å². The number of carbonyl (C=O) groups excluding carboxylic acids is 4. The molecule has 1 unspecified atom stereocenters. The van der Waals surface area contributed by atoms with Crippen LogP contribution in [0.4, 0.5) is 0 Å². The van der Waals surface area contributed by atoms with Gasteiger partial charge in [0.2, 0.25) is 0 Å². The number of hydrogen-bond acceptors (Lipinski definition) is 6. The molecule has 2 aromatic carbocycles. The van der Waals surface area contributed by atoms with Crippen LogP contribution in [-0.2, 0) is 16.1 Å². The molecule has 1 atom stereocenters. The van der Waals surface area contributed by atoms with Crippen LogP contribution >= 0.6 is 0 Å². The van der Waals surface area contributed by atoms with Gasteiger partial charge in [0.25, 0.3) is 17.7 Å². The van der Waals surface area contributed by atoms with Crippen molar-refractivity contribution in [3.05, 3.63) is 64.7 Å². The Morgan fingerprint density at radius 3 is 2.47 bits per heavy atom. The van der Waals surface area contributed by atoms with E-state index in [-0.39, 0.29) is 35.5 Å². The number of para-hydroxylation sites is 1. The molecule has 0 bridgehead atoms. The van der Waals surface area contributed by atoms with Crippen molar-refractivity contribution in [2.75, 3.05) is 7.11 Å². The largest absolute Gasteiger partial charge is 0.496 e. The highest BCUT2D eigenvalue weighted by Gasteiger charge is 2.40. The highest BCUT2D eigenvalue weighted by molar-refractivity contribution is 6.22. The summed E-state index contributed by atoms with van der Waals surface area (Å²) in [5.74, 6) is -1.23. The van der Waals surface area contributed by atoms with Crippen molar-refractivity contribution in [1.29, 1.82) is 0 Å². The molecular weight excluding hydrogens is 436 g/mol. The average molecular weight is 465 g/mol. The molecule has 8 heteroatoms. The van der Waals surface area contributed by atoms with Crippen molar-refractivity contribution in [3.8, 4) is 5.75 Å². The number of nitrogens with zero attached hydrogens (tertiary/aromatic N) is 1. The van der Waals surface area contributed by atoms with Crippen molar-refractivity contribution < 1.29 is 28.7 Å². The summed E-state index contributed by atoms with van der Waals surface area (Å²) in [4.78, 5) is 52.2. The highest BCUT2D eigenvalue weighted by atomic mass is 16.5. The number of ether oxygens (including phenoxy) is 2. The summed E-state index contributed by atoms with van der Waals surface area (Å²) < 4.78 is 10.6. The van der Waals surface area contributed by atoms with Crippen LogP contribution < -0.4 is 10.1 Å². The fourth-order valence-corrected chi connectivity index (χ4v) is 4.51. The number of imide groups is 1. The van der Waals surface area contributed by atoms with E-state index < -0.39 is 18.0 Å². The number of fused-ring (bicyclic) bond motifs is 1. The Balaban J connectivity index is 1.39. The SMILES string of the molecule is COc1ccccc1CNC(=O)C(C)OC(=O)c1ccc2c(c1)C(=O)N(C1CCCCC1)C2=O. The first-order chi connectivity index (χ1) is 16.4. The Morgan fingerprint density at radius 1 is 1.03 bits per heavy atom. The predicted octanol–water partition coefficient (Wildman–Crippen LogP) is 3.49. The third-order valence-electron chi connectivity index (χ3n) is 6.39. The third kappa shape index (κ3) is 4.66. The lowest BCUT2D eigenvalue weighted by Crippen LogP contribution is -2.40. The van der Waals surface area contributed by atoms with Crippen LogP contribution in [0.2, 0.25) is 0 Å². The van der Waals surface area contributed by atoms with E-state index in [4.69, 9.17) is 9.47 Å². The second kappa shape index (κ2) is 10.1. The van der Waals surface area contributed by atoms with E-state index in [0.29, 0.717) is 11.3 Å². The molecule has 3 amide bonds. The van der Waals surface area contributed by atoms with Crippen LogP contribution in [0.3, 0.4) is 0 Å². The third-order valence-corrected chi connectivity index (χ3v) is 6.39. The summed E-state index contributed by atoms with van der Waals surface area (Å²) >= 11 is 0. The van der Waals surface area contributed by atoms with Gasteiger partial charge in [0.1, 0.15) is 5.75 Å². The summed E-state index contributed by atoms with van der Waals surface area (Å²) in [6.07, 6.45) is 3.66. The van der Waals surface area contributed by atoms with E-state index in [2.05, 4.69) is 5.32 Å². The molecule has 0 radical (unpaired) electrons. The Labute approximate surface area is 198 Å². The normalized spacial score (nSPS) is 16.7. The van der Waals surface area contributed by atoms with Gasteiger partial charge in [-0.15, -0.1) is 0 Å². The maximum absolute atomic E-state index is 13.0. The lowest BCUT2D eigenvalue weighted by atomic mass is 9.94. The number of rotatable bonds is 7. The lowest BCUT2D eigenvalue weighted by Gasteiger charge is -2.29. The number of esters is 1. The fourth-order valence-electron chi connectivity index (χ4n) is 4.51. The number of benzene rings is 2. The van der Waals surface area contributed by atoms with Crippen LogP contribution in [0.5, 0.6) is 5.75 Å². The van der Waals surface area contributed by atoms with Crippen molar-refractivity contribution in [1.82, 2.24) is 10.2 Å². The molecule has 1 N–H and O–H groups in total. The lowest BCUT2D eigenvalue weighted by molar-refractivity contribution is -0.129. The second-order valence-corrected chi connectivity index (χ2v) is 8.61. The van der Waals surface area contributed by atoms with Gasteiger partial charge < -0.3 is 14.8 Å². The van der Waals surface area contributed by atoms with Gasteiger partial charge in [0, 0.05) is 18.2 Å². The van der Waals surface area contributed by atoms with E-state index in [9.17, 15) is 19.2 Å². The molecule has 0 spiro atoms. The Kier molecular flexibility index (Phi) is 6.95. The van der Waals surface area contributed by atoms with Gasteiger partial charge in [-0.25, -0.2) is 4.79 Å². The van der Waals surface area contributed by atoms with E-state index in [1.165, 1.54) is 30.0 Å². The molecule has 178 valence electrons. The zero-order chi connectivity index (χ0) is 24.2. The molecule has 1 aliphatic carbocycles. The number of methoxy groups -OCH3 is 1. The van der Waals surface area contributed by atoms with Crippen LogP contribution in [0.1, 0.15) is 75.7 Å². The van der Waals surface area contributed by atoms with Crippen molar-refractivity contribution in [2.45, 2.75) is 57.7 Å². The summed E-state index contributed by atoms with van der Waals surface area (Å²) in [6.45, 7) is 1.69. The standard InChI is InChI=1S/C26H28N2O6/c1-16(23(29)27-15-18-8-6-7-11-22(18)33-2)34-26(32)17-12-13-20-21(14-17)25(31)28(24(20)30)19-9-4-3-5-10-19/h6-8,11-14,16,19H,3-5,9-10,15H2,1-2H3,(H,27,29). The summed E-state index contributed by atoms with van der Waals surface area (Å²) in [6, 6.07) is 11.5. The first-order valence-corrected chi connectivity index (χ1v) is 11.5. The number of amides is 3. The van der Waals surface area contributed by atoms with Gasteiger partial charge in [-0.3, -0.25) is 19.3 Å². The minimum Gasteiger partial charge on any atom is -0.496 e. The van der Waals surface area contributed by atoms with Crippen molar-refractivity contribution in [3.63, 3.8) is 0 Å². The molecule has 2 aliphatic rings. The van der Waals surface area contributed by atoms with Crippen LogP contribution in [-0.4, -0.2) is 47.8 Å². The molecule has 0 saturated heterocycles. The maximum atomic E-state index is 13.0.